The summed E-state index contributed by atoms with van der Waals surface area (Å²) in [4.78, 5) is 15.5. The van der Waals surface area contributed by atoms with Gasteiger partial charge in [-0.2, -0.15) is 0 Å². The van der Waals surface area contributed by atoms with Crippen molar-refractivity contribution in [2.45, 2.75) is 6.42 Å². The van der Waals surface area contributed by atoms with E-state index in [-0.39, 0.29) is 5.56 Å². The number of hydrogen-bond donors (Lipinski definition) is 1. The highest BCUT2D eigenvalue weighted by atomic mass is 35.5. The van der Waals surface area contributed by atoms with Gasteiger partial charge in [-0.3, -0.25) is 9.78 Å². The van der Waals surface area contributed by atoms with Crippen molar-refractivity contribution >= 4 is 23.2 Å². The van der Waals surface area contributed by atoms with E-state index in [1.807, 2.05) is 12.1 Å². The first-order valence-electron chi connectivity index (χ1n) is 5.76. The minimum Gasteiger partial charge on any atom is -0.322 e. The Hall–Kier alpha value is -1.94. The predicted molar refractivity (Wildman–Crippen MR) is 73.0 cm³/mol. The van der Waals surface area contributed by atoms with Crippen molar-refractivity contribution in [3.05, 3.63) is 59.7 Å². The summed E-state index contributed by atoms with van der Waals surface area (Å²) in [7, 11) is 0. The third-order valence-corrected chi connectivity index (χ3v) is 2.75. The zero-order chi connectivity index (χ0) is 13.7. The SMILES string of the molecule is O=C(Nc1ccc(CCCl)cc1)c1cncc(F)c1. The Labute approximate surface area is 115 Å². The van der Waals surface area contributed by atoms with Crippen LogP contribution in [0.1, 0.15) is 15.9 Å². The van der Waals surface area contributed by atoms with Crippen molar-refractivity contribution < 1.29 is 9.18 Å². The highest BCUT2D eigenvalue weighted by Crippen LogP contribution is 2.12. The Morgan fingerprint density at radius 1 is 1.26 bits per heavy atom. The second-order valence-corrected chi connectivity index (χ2v) is 4.36. The molecule has 0 aliphatic carbocycles. The average Bonchev–Trinajstić information content (AvgIpc) is 2.41. The van der Waals surface area contributed by atoms with Gasteiger partial charge in [0.15, 0.2) is 0 Å². The summed E-state index contributed by atoms with van der Waals surface area (Å²) in [6.45, 7) is 0. The normalized spacial score (nSPS) is 10.2. The molecule has 0 aliphatic rings. The van der Waals surface area contributed by atoms with Crippen LogP contribution in [0.5, 0.6) is 0 Å². The zero-order valence-electron chi connectivity index (χ0n) is 10.1. The summed E-state index contributed by atoms with van der Waals surface area (Å²) in [6.07, 6.45) is 3.15. The van der Waals surface area contributed by atoms with E-state index in [1.165, 1.54) is 6.20 Å². The highest BCUT2D eigenvalue weighted by Gasteiger charge is 2.07. The lowest BCUT2D eigenvalue weighted by Gasteiger charge is -2.06. The fourth-order valence-corrected chi connectivity index (χ4v) is 1.82. The molecule has 0 aliphatic heterocycles. The summed E-state index contributed by atoms with van der Waals surface area (Å²) in [5.41, 5.74) is 1.93. The Morgan fingerprint density at radius 3 is 2.63 bits per heavy atom. The van der Waals surface area contributed by atoms with Crippen LogP contribution in [0.2, 0.25) is 0 Å². The molecule has 0 unspecified atom stereocenters. The van der Waals surface area contributed by atoms with Crippen molar-refractivity contribution in [3.63, 3.8) is 0 Å². The second kappa shape index (κ2) is 6.29. The molecule has 1 aromatic heterocycles. The number of rotatable bonds is 4. The zero-order valence-corrected chi connectivity index (χ0v) is 10.8. The van der Waals surface area contributed by atoms with Gasteiger partial charge < -0.3 is 5.32 Å². The molecule has 2 aromatic rings. The van der Waals surface area contributed by atoms with Gasteiger partial charge in [0.05, 0.1) is 11.8 Å². The van der Waals surface area contributed by atoms with Gasteiger partial charge in [-0.15, -0.1) is 11.6 Å². The molecule has 0 saturated carbocycles. The van der Waals surface area contributed by atoms with Gasteiger partial charge in [-0.05, 0) is 30.2 Å². The molecular weight excluding hydrogens is 267 g/mol. The van der Waals surface area contributed by atoms with E-state index in [4.69, 9.17) is 11.6 Å². The molecule has 19 heavy (non-hydrogen) atoms. The Balaban J connectivity index is 2.06. The van der Waals surface area contributed by atoms with Crippen molar-refractivity contribution in [1.29, 1.82) is 0 Å². The minimum atomic E-state index is -0.537. The monoisotopic (exact) mass is 278 g/mol. The number of aryl methyl sites for hydroxylation is 1. The summed E-state index contributed by atoms with van der Waals surface area (Å²) < 4.78 is 12.9. The van der Waals surface area contributed by atoms with Gasteiger partial charge in [-0.25, -0.2) is 4.39 Å². The molecule has 1 N–H and O–H groups in total. The minimum absolute atomic E-state index is 0.185. The van der Waals surface area contributed by atoms with E-state index in [1.54, 1.807) is 12.1 Å². The fourth-order valence-electron chi connectivity index (χ4n) is 1.60. The molecular formula is C14H12ClFN2O. The number of aromatic nitrogens is 1. The lowest BCUT2D eigenvalue weighted by atomic mass is 10.1. The average molecular weight is 279 g/mol. The summed E-state index contributed by atoms with van der Waals surface area (Å²) in [5.74, 6) is -0.372. The van der Waals surface area contributed by atoms with E-state index in [9.17, 15) is 9.18 Å². The fraction of sp³-hybridized carbons (Fsp3) is 0.143. The molecule has 0 spiro atoms. The van der Waals surface area contributed by atoms with Crippen molar-refractivity contribution in [2.24, 2.45) is 0 Å². The van der Waals surface area contributed by atoms with Gasteiger partial charge in [0.2, 0.25) is 0 Å². The molecule has 1 aromatic carbocycles. The molecule has 0 fully saturated rings. The molecule has 1 heterocycles. The quantitative estimate of drug-likeness (QED) is 0.872. The van der Waals surface area contributed by atoms with Crippen LogP contribution in [0.3, 0.4) is 0 Å². The van der Waals surface area contributed by atoms with Crippen LogP contribution in [-0.2, 0) is 6.42 Å². The molecule has 98 valence electrons. The number of pyridine rings is 1. The van der Waals surface area contributed by atoms with Crippen LogP contribution in [0, 0.1) is 5.82 Å². The van der Waals surface area contributed by atoms with E-state index in [0.717, 1.165) is 24.2 Å². The maximum atomic E-state index is 12.9. The van der Waals surface area contributed by atoms with Gasteiger partial charge in [0, 0.05) is 17.8 Å². The van der Waals surface area contributed by atoms with Crippen molar-refractivity contribution in [1.82, 2.24) is 4.98 Å². The van der Waals surface area contributed by atoms with Crippen molar-refractivity contribution in [3.8, 4) is 0 Å². The summed E-state index contributed by atoms with van der Waals surface area (Å²) in [6, 6.07) is 8.49. The van der Waals surface area contributed by atoms with E-state index in [0.29, 0.717) is 11.6 Å². The largest absolute Gasteiger partial charge is 0.322 e. The maximum Gasteiger partial charge on any atom is 0.257 e. The molecule has 0 saturated heterocycles. The number of alkyl halides is 1. The smallest absolute Gasteiger partial charge is 0.257 e. The Morgan fingerprint density at radius 2 is 2.00 bits per heavy atom. The molecule has 0 radical (unpaired) electrons. The van der Waals surface area contributed by atoms with Gasteiger partial charge in [-0.1, -0.05) is 12.1 Å². The van der Waals surface area contributed by atoms with Crippen LogP contribution < -0.4 is 5.32 Å². The molecule has 0 atom stereocenters. The first-order valence-corrected chi connectivity index (χ1v) is 6.29. The molecule has 5 heteroatoms. The Kier molecular flexibility index (Phi) is 4.47. The third-order valence-electron chi connectivity index (χ3n) is 2.56. The molecule has 1 amide bonds. The van der Waals surface area contributed by atoms with Gasteiger partial charge in [0.1, 0.15) is 5.82 Å². The molecule has 3 nitrogen and oxygen atoms in total. The maximum absolute atomic E-state index is 12.9. The molecule has 2 rings (SSSR count). The van der Waals surface area contributed by atoms with Gasteiger partial charge in [0.25, 0.3) is 5.91 Å². The number of amides is 1. The number of benzene rings is 1. The second-order valence-electron chi connectivity index (χ2n) is 3.98. The topological polar surface area (TPSA) is 42.0 Å². The lowest BCUT2D eigenvalue weighted by Crippen LogP contribution is -2.12. The van der Waals surface area contributed by atoms with Crippen LogP contribution in [0.15, 0.2) is 42.7 Å². The number of nitrogens with zero attached hydrogens (tertiary/aromatic N) is 1. The summed E-state index contributed by atoms with van der Waals surface area (Å²) in [5, 5.41) is 2.68. The third kappa shape index (κ3) is 3.76. The number of hydrogen-bond acceptors (Lipinski definition) is 2. The van der Waals surface area contributed by atoms with Crippen LogP contribution in [-0.4, -0.2) is 16.8 Å². The van der Waals surface area contributed by atoms with E-state index in [2.05, 4.69) is 10.3 Å². The number of nitrogens with one attached hydrogen (secondary N) is 1. The standard InChI is InChI=1S/C14H12ClFN2O/c15-6-5-10-1-3-13(4-2-10)18-14(19)11-7-12(16)9-17-8-11/h1-4,7-9H,5-6H2,(H,18,19). The van der Waals surface area contributed by atoms with Gasteiger partial charge >= 0.3 is 0 Å². The Bertz CT molecular complexity index is 572. The van der Waals surface area contributed by atoms with E-state index < -0.39 is 11.7 Å². The number of anilines is 1. The van der Waals surface area contributed by atoms with Crippen LogP contribution in [0.25, 0.3) is 0 Å². The number of carbonyl (C=O) groups excluding carboxylic acids is 1. The first-order chi connectivity index (χ1) is 9.19. The van der Waals surface area contributed by atoms with E-state index >= 15 is 0 Å². The summed E-state index contributed by atoms with van der Waals surface area (Å²) >= 11 is 5.64. The molecule has 0 bridgehead atoms. The predicted octanol–water partition coefficient (Wildman–Crippen LogP) is 3.25. The highest BCUT2D eigenvalue weighted by molar-refractivity contribution is 6.18. The number of carbonyl (C=O) groups is 1. The van der Waals surface area contributed by atoms with Crippen molar-refractivity contribution in [2.75, 3.05) is 11.2 Å². The van der Waals surface area contributed by atoms with Crippen LogP contribution >= 0.6 is 11.6 Å². The first kappa shape index (κ1) is 13.5. The number of halogens is 2. The lowest BCUT2D eigenvalue weighted by molar-refractivity contribution is 0.102. The van der Waals surface area contributed by atoms with Crippen LogP contribution in [0.4, 0.5) is 10.1 Å².